The van der Waals surface area contributed by atoms with Crippen LogP contribution >= 0.6 is 11.8 Å². The molecule has 7 heteroatoms. The number of rotatable bonds is 12. The quantitative estimate of drug-likeness (QED) is 0.515. The molecule has 0 fully saturated rings. The van der Waals surface area contributed by atoms with Crippen molar-refractivity contribution < 1.29 is 22.8 Å². The molecule has 1 atom stereocenters. The zero-order chi connectivity index (χ0) is 15.4. The minimum absolute atomic E-state index is 0.0523. The third-order valence-electron chi connectivity index (χ3n) is 2.54. The average molecular weight is 325 g/mol. The standard InChI is InChI=1S/C13H28O5SSi/c1-6-16-20(17-7-2,18-8-3)10-9-12(4)19-13(14)11-15-5/h12H,6-11H2,1-5H3. The van der Waals surface area contributed by atoms with E-state index < -0.39 is 8.80 Å². The van der Waals surface area contributed by atoms with Crippen LogP contribution in [0, 0.1) is 0 Å². The SMILES string of the molecule is CCO[Si](CCC(C)SC(=O)COC)(OCC)OCC. The van der Waals surface area contributed by atoms with Crippen molar-refractivity contribution in [3.05, 3.63) is 0 Å². The molecule has 0 aromatic rings. The van der Waals surface area contributed by atoms with Gasteiger partial charge < -0.3 is 18.0 Å². The molecule has 0 N–H and O–H groups in total. The van der Waals surface area contributed by atoms with Crippen LogP contribution in [0.2, 0.25) is 6.04 Å². The summed E-state index contributed by atoms with van der Waals surface area (Å²) in [6, 6.07) is 0.733. The van der Waals surface area contributed by atoms with E-state index in [2.05, 4.69) is 0 Å². The van der Waals surface area contributed by atoms with Crippen LogP contribution in [-0.4, -0.2) is 52.7 Å². The molecule has 0 aliphatic carbocycles. The van der Waals surface area contributed by atoms with Crippen LogP contribution in [0.1, 0.15) is 34.1 Å². The number of thioether (sulfide) groups is 1. The maximum atomic E-state index is 11.5. The van der Waals surface area contributed by atoms with Crippen LogP contribution in [0.5, 0.6) is 0 Å². The number of carbonyl (C=O) groups is 1. The van der Waals surface area contributed by atoms with Crippen LogP contribution in [-0.2, 0) is 22.8 Å². The van der Waals surface area contributed by atoms with E-state index in [4.69, 9.17) is 18.0 Å². The normalized spacial score (nSPS) is 13.4. The van der Waals surface area contributed by atoms with Crippen molar-refractivity contribution in [2.75, 3.05) is 33.5 Å². The highest BCUT2D eigenvalue weighted by Gasteiger charge is 2.40. The van der Waals surface area contributed by atoms with Crippen LogP contribution in [0.25, 0.3) is 0 Å². The van der Waals surface area contributed by atoms with E-state index in [0.717, 1.165) is 12.5 Å². The third-order valence-corrected chi connectivity index (χ3v) is 6.65. The number of hydrogen-bond donors (Lipinski definition) is 0. The summed E-state index contributed by atoms with van der Waals surface area (Å²) in [5.41, 5.74) is 0. The summed E-state index contributed by atoms with van der Waals surface area (Å²) in [4.78, 5) is 11.5. The first-order valence-electron chi connectivity index (χ1n) is 7.13. The Bertz CT molecular complexity index is 248. The molecule has 1 unspecified atom stereocenters. The van der Waals surface area contributed by atoms with Gasteiger partial charge in [0.05, 0.1) is 0 Å². The van der Waals surface area contributed by atoms with Gasteiger partial charge in [0, 0.05) is 38.2 Å². The minimum Gasteiger partial charge on any atom is -0.376 e. The summed E-state index contributed by atoms with van der Waals surface area (Å²) in [5.74, 6) is 0. The summed E-state index contributed by atoms with van der Waals surface area (Å²) in [7, 11) is -1.06. The Labute approximate surface area is 128 Å². The van der Waals surface area contributed by atoms with Crippen LogP contribution in [0.4, 0.5) is 0 Å². The molecular weight excluding hydrogens is 296 g/mol. The molecule has 0 bridgehead atoms. The molecule has 0 aliphatic heterocycles. The molecule has 0 heterocycles. The highest BCUT2D eigenvalue weighted by Crippen LogP contribution is 2.24. The van der Waals surface area contributed by atoms with Crippen LogP contribution in [0.15, 0.2) is 0 Å². The molecule has 0 aliphatic rings. The Hall–Kier alpha value is 0.0769. The Morgan fingerprint density at radius 3 is 2.00 bits per heavy atom. The lowest BCUT2D eigenvalue weighted by molar-refractivity contribution is -0.114. The molecular formula is C13H28O5SSi. The lowest BCUT2D eigenvalue weighted by Crippen LogP contribution is -2.46. The molecule has 5 nitrogen and oxygen atoms in total. The van der Waals surface area contributed by atoms with Crippen molar-refractivity contribution in [3.8, 4) is 0 Å². The van der Waals surface area contributed by atoms with E-state index >= 15 is 0 Å². The molecule has 0 saturated heterocycles. The fourth-order valence-corrected chi connectivity index (χ4v) is 5.69. The summed E-state index contributed by atoms with van der Waals surface area (Å²) >= 11 is 1.31. The Morgan fingerprint density at radius 2 is 1.60 bits per heavy atom. The van der Waals surface area contributed by atoms with Gasteiger partial charge in [-0.25, -0.2) is 0 Å². The summed E-state index contributed by atoms with van der Waals surface area (Å²) < 4.78 is 22.2. The maximum absolute atomic E-state index is 11.5. The second kappa shape index (κ2) is 11.7. The van der Waals surface area contributed by atoms with Gasteiger partial charge in [0.25, 0.3) is 0 Å². The zero-order valence-electron chi connectivity index (χ0n) is 13.3. The van der Waals surface area contributed by atoms with E-state index in [9.17, 15) is 4.79 Å². The van der Waals surface area contributed by atoms with Crippen molar-refractivity contribution in [2.24, 2.45) is 0 Å². The predicted octanol–water partition coefficient (Wildman–Crippen LogP) is 2.72. The van der Waals surface area contributed by atoms with E-state index in [1.165, 1.54) is 18.9 Å². The molecule has 120 valence electrons. The number of carbonyl (C=O) groups excluding carboxylic acids is 1. The smallest absolute Gasteiger partial charge is 0.376 e. The zero-order valence-corrected chi connectivity index (χ0v) is 15.1. The molecule has 0 spiro atoms. The minimum atomic E-state index is -2.58. The fourth-order valence-electron chi connectivity index (χ4n) is 1.82. The van der Waals surface area contributed by atoms with Crippen molar-refractivity contribution in [2.45, 2.75) is 45.4 Å². The van der Waals surface area contributed by atoms with Gasteiger partial charge in [-0.1, -0.05) is 18.7 Å². The van der Waals surface area contributed by atoms with Crippen molar-refractivity contribution in [3.63, 3.8) is 0 Å². The number of hydrogen-bond acceptors (Lipinski definition) is 6. The summed E-state index contributed by atoms with van der Waals surface area (Å²) in [5, 5.41) is 0.252. The third kappa shape index (κ3) is 8.38. The molecule has 0 saturated carbocycles. The van der Waals surface area contributed by atoms with Gasteiger partial charge in [-0.2, -0.15) is 0 Å². The first-order valence-corrected chi connectivity index (χ1v) is 9.94. The van der Waals surface area contributed by atoms with E-state index in [0.29, 0.717) is 19.8 Å². The van der Waals surface area contributed by atoms with Gasteiger partial charge in [-0.05, 0) is 27.2 Å². The Balaban J connectivity index is 4.38. The Kier molecular flexibility index (Phi) is 11.8. The van der Waals surface area contributed by atoms with Gasteiger partial charge in [0.2, 0.25) is 5.12 Å². The Morgan fingerprint density at radius 1 is 1.10 bits per heavy atom. The van der Waals surface area contributed by atoms with Gasteiger partial charge in [-0.15, -0.1) is 0 Å². The maximum Gasteiger partial charge on any atom is 0.500 e. The van der Waals surface area contributed by atoms with Gasteiger partial charge in [0.15, 0.2) is 0 Å². The lowest BCUT2D eigenvalue weighted by atomic mass is 10.4. The van der Waals surface area contributed by atoms with E-state index in [-0.39, 0.29) is 17.0 Å². The molecule has 0 amide bonds. The molecule has 20 heavy (non-hydrogen) atoms. The first-order chi connectivity index (χ1) is 9.53. The highest BCUT2D eigenvalue weighted by atomic mass is 32.2. The monoisotopic (exact) mass is 324 g/mol. The van der Waals surface area contributed by atoms with Crippen molar-refractivity contribution >= 4 is 25.7 Å². The van der Waals surface area contributed by atoms with E-state index in [1.807, 2.05) is 27.7 Å². The number of ether oxygens (including phenoxy) is 1. The first kappa shape index (κ1) is 20.1. The van der Waals surface area contributed by atoms with Gasteiger partial charge >= 0.3 is 8.80 Å². The summed E-state index contributed by atoms with van der Waals surface area (Å²) in [6.07, 6.45) is 0.826. The summed E-state index contributed by atoms with van der Waals surface area (Å²) in [6.45, 7) is 9.75. The second-order valence-corrected chi connectivity index (χ2v) is 8.48. The van der Waals surface area contributed by atoms with Crippen molar-refractivity contribution in [1.82, 2.24) is 0 Å². The predicted molar refractivity (Wildman–Crippen MR) is 84.0 cm³/mol. The molecule has 0 aromatic carbocycles. The molecule has 0 aromatic heterocycles. The van der Waals surface area contributed by atoms with Crippen LogP contribution < -0.4 is 0 Å². The number of methoxy groups -OCH3 is 1. The topological polar surface area (TPSA) is 54.0 Å². The highest BCUT2D eigenvalue weighted by molar-refractivity contribution is 8.14. The molecule has 0 radical (unpaired) electrons. The largest absolute Gasteiger partial charge is 0.500 e. The van der Waals surface area contributed by atoms with Crippen molar-refractivity contribution in [1.29, 1.82) is 0 Å². The van der Waals surface area contributed by atoms with Gasteiger partial charge in [0.1, 0.15) is 6.61 Å². The van der Waals surface area contributed by atoms with Gasteiger partial charge in [-0.3, -0.25) is 4.79 Å². The van der Waals surface area contributed by atoms with E-state index in [1.54, 1.807) is 0 Å². The fraction of sp³-hybridized carbons (Fsp3) is 0.923. The second-order valence-electron chi connectivity index (χ2n) is 4.25. The average Bonchev–Trinajstić information content (AvgIpc) is 2.37. The van der Waals surface area contributed by atoms with Crippen LogP contribution in [0.3, 0.4) is 0 Å². The lowest BCUT2D eigenvalue weighted by Gasteiger charge is -2.29. The molecule has 0 rings (SSSR count).